The maximum atomic E-state index is 12.5. The number of aryl methyl sites for hydroxylation is 2. The number of nitrogens with zero attached hydrogens (tertiary/aromatic N) is 3. The molecule has 1 aromatic heterocycles. The molecule has 2 aromatic rings. The Morgan fingerprint density at radius 2 is 1.75 bits per heavy atom. The van der Waals surface area contributed by atoms with Gasteiger partial charge in [-0.2, -0.15) is 0 Å². The van der Waals surface area contributed by atoms with E-state index < -0.39 is 5.97 Å². The number of likely N-dealkylation sites (tertiary alicyclic amines) is 1. The van der Waals surface area contributed by atoms with Crippen molar-refractivity contribution in [1.29, 1.82) is 0 Å². The first-order chi connectivity index (χ1) is 13.5. The van der Waals surface area contributed by atoms with Crippen molar-refractivity contribution in [2.24, 2.45) is 11.8 Å². The molecule has 1 aliphatic carbocycles. The van der Waals surface area contributed by atoms with Crippen LogP contribution in [-0.2, 0) is 9.53 Å². The van der Waals surface area contributed by atoms with Crippen LogP contribution in [0.3, 0.4) is 0 Å². The van der Waals surface area contributed by atoms with Gasteiger partial charge in [0.05, 0.1) is 28.0 Å². The minimum atomic E-state index is -0.497. The van der Waals surface area contributed by atoms with Crippen molar-refractivity contribution < 1.29 is 14.3 Å². The number of piperidine rings is 1. The van der Waals surface area contributed by atoms with Crippen LogP contribution in [0.25, 0.3) is 11.0 Å². The van der Waals surface area contributed by atoms with Crippen LogP contribution in [-0.4, -0.2) is 46.4 Å². The number of hydrogen-bond acceptors (Lipinski definition) is 5. The SMILES string of the molecule is Cc1nc2ccc(C(=O)OCC(=O)N3CC[C@H]4CCCC[C@H]4C3)cc2nc1C. The van der Waals surface area contributed by atoms with Gasteiger partial charge in [-0.3, -0.25) is 4.79 Å². The van der Waals surface area contributed by atoms with E-state index in [0.717, 1.165) is 42.3 Å². The van der Waals surface area contributed by atoms with Crippen LogP contribution in [0, 0.1) is 25.7 Å². The molecule has 6 heteroatoms. The molecule has 2 atom stereocenters. The van der Waals surface area contributed by atoms with Gasteiger partial charge in [-0.05, 0) is 56.7 Å². The number of hydrogen-bond donors (Lipinski definition) is 0. The first-order valence-electron chi connectivity index (χ1n) is 10.2. The Balaban J connectivity index is 1.36. The topological polar surface area (TPSA) is 72.4 Å². The molecule has 1 saturated carbocycles. The average molecular weight is 381 g/mol. The normalized spacial score (nSPS) is 22.0. The molecule has 0 N–H and O–H groups in total. The summed E-state index contributed by atoms with van der Waals surface area (Å²) >= 11 is 0. The molecule has 6 nitrogen and oxygen atoms in total. The second kappa shape index (κ2) is 7.86. The van der Waals surface area contributed by atoms with Gasteiger partial charge in [-0.15, -0.1) is 0 Å². The highest BCUT2D eigenvalue weighted by molar-refractivity contribution is 5.94. The van der Waals surface area contributed by atoms with Crippen LogP contribution in [0.5, 0.6) is 0 Å². The standard InChI is InChI=1S/C22H27N3O3/c1-14-15(2)24-20-11-17(7-8-19(20)23-14)22(27)28-13-21(26)25-10-9-16-5-3-4-6-18(16)12-25/h7-8,11,16,18H,3-6,9-10,12-13H2,1-2H3/t16-,18+/m1/s1. The van der Waals surface area contributed by atoms with Gasteiger partial charge in [-0.25, -0.2) is 14.8 Å². The number of fused-ring (bicyclic) bond motifs is 2. The first-order valence-corrected chi connectivity index (χ1v) is 10.2. The lowest BCUT2D eigenvalue weighted by molar-refractivity contribution is -0.137. The third kappa shape index (κ3) is 3.86. The van der Waals surface area contributed by atoms with Crippen LogP contribution in [0.2, 0.25) is 0 Å². The third-order valence-electron chi connectivity index (χ3n) is 6.28. The Labute approximate surface area is 165 Å². The predicted octanol–water partition coefficient (Wildman–Crippen LogP) is 3.44. The molecule has 1 aromatic carbocycles. The Hall–Kier alpha value is -2.50. The van der Waals surface area contributed by atoms with Gasteiger partial charge >= 0.3 is 5.97 Å². The second-order valence-electron chi connectivity index (χ2n) is 8.11. The smallest absolute Gasteiger partial charge is 0.338 e. The highest BCUT2D eigenvalue weighted by Crippen LogP contribution is 2.36. The molecule has 148 valence electrons. The summed E-state index contributed by atoms with van der Waals surface area (Å²) in [6.07, 6.45) is 6.17. The zero-order valence-electron chi connectivity index (χ0n) is 16.6. The number of benzene rings is 1. The second-order valence-corrected chi connectivity index (χ2v) is 8.11. The Morgan fingerprint density at radius 1 is 1.04 bits per heavy atom. The number of rotatable bonds is 3. The fraction of sp³-hybridized carbons (Fsp3) is 0.545. The Bertz CT molecular complexity index is 911. The summed E-state index contributed by atoms with van der Waals surface area (Å²) < 4.78 is 5.30. The molecule has 4 rings (SSSR count). The molecule has 1 amide bonds. The molecule has 1 aliphatic heterocycles. The van der Waals surface area contributed by atoms with Gasteiger partial charge in [-0.1, -0.05) is 19.3 Å². The van der Waals surface area contributed by atoms with Crippen LogP contribution < -0.4 is 0 Å². The summed E-state index contributed by atoms with van der Waals surface area (Å²) in [5.74, 6) is 0.798. The number of carbonyl (C=O) groups is 2. The van der Waals surface area contributed by atoms with Crippen molar-refractivity contribution in [3.63, 3.8) is 0 Å². The van der Waals surface area contributed by atoms with Crippen LogP contribution in [0.15, 0.2) is 18.2 Å². The van der Waals surface area contributed by atoms with Gasteiger partial charge in [0.25, 0.3) is 5.91 Å². The number of esters is 1. The lowest BCUT2D eigenvalue weighted by atomic mass is 9.75. The molecule has 2 fully saturated rings. The predicted molar refractivity (Wildman–Crippen MR) is 106 cm³/mol. The lowest BCUT2D eigenvalue weighted by Gasteiger charge is -2.41. The molecular formula is C22H27N3O3. The van der Waals surface area contributed by atoms with E-state index >= 15 is 0 Å². The van der Waals surface area contributed by atoms with Crippen molar-refractivity contribution in [2.45, 2.75) is 46.0 Å². The molecule has 28 heavy (non-hydrogen) atoms. The van der Waals surface area contributed by atoms with E-state index in [9.17, 15) is 9.59 Å². The number of ether oxygens (including phenoxy) is 1. The third-order valence-corrected chi connectivity index (χ3v) is 6.28. The Kier molecular flexibility index (Phi) is 5.29. The van der Waals surface area contributed by atoms with E-state index in [1.165, 1.54) is 25.7 Å². The monoisotopic (exact) mass is 381 g/mol. The summed E-state index contributed by atoms with van der Waals surface area (Å²) in [6, 6.07) is 5.11. The average Bonchev–Trinajstić information content (AvgIpc) is 2.72. The molecule has 0 unspecified atom stereocenters. The van der Waals surface area contributed by atoms with E-state index in [1.54, 1.807) is 18.2 Å². The largest absolute Gasteiger partial charge is 0.452 e. The molecular weight excluding hydrogens is 354 g/mol. The van der Waals surface area contributed by atoms with Crippen molar-refractivity contribution in [3.05, 3.63) is 35.2 Å². The summed E-state index contributed by atoms with van der Waals surface area (Å²) in [4.78, 5) is 35.8. The van der Waals surface area contributed by atoms with Gasteiger partial charge < -0.3 is 9.64 Å². The lowest BCUT2D eigenvalue weighted by Crippen LogP contribution is -2.46. The maximum Gasteiger partial charge on any atom is 0.338 e. The van der Waals surface area contributed by atoms with Crippen molar-refractivity contribution in [1.82, 2.24) is 14.9 Å². The summed E-state index contributed by atoms with van der Waals surface area (Å²) in [5.41, 5.74) is 3.49. The van der Waals surface area contributed by atoms with Gasteiger partial charge in [0.1, 0.15) is 0 Å². The molecule has 0 bridgehead atoms. The van der Waals surface area contributed by atoms with E-state index in [4.69, 9.17) is 4.74 Å². The van der Waals surface area contributed by atoms with Crippen molar-refractivity contribution in [3.8, 4) is 0 Å². The minimum Gasteiger partial charge on any atom is -0.452 e. The molecule has 0 radical (unpaired) electrons. The maximum absolute atomic E-state index is 12.5. The fourth-order valence-corrected chi connectivity index (χ4v) is 4.49. The number of aromatic nitrogens is 2. The van der Waals surface area contributed by atoms with Gasteiger partial charge in [0, 0.05) is 13.1 Å². The van der Waals surface area contributed by atoms with E-state index in [0.29, 0.717) is 17.0 Å². The minimum absolute atomic E-state index is 0.0931. The zero-order chi connectivity index (χ0) is 19.7. The van der Waals surface area contributed by atoms with E-state index in [1.807, 2.05) is 18.7 Å². The quantitative estimate of drug-likeness (QED) is 0.762. The summed E-state index contributed by atoms with van der Waals surface area (Å²) in [5, 5.41) is 0. The summed E-state index contributed by atoms with van der Waals surface area (Å²) in [6.45, 7) is 5.19. The molecule has 1 saturated heterocycles. The molecule has 2 aliphatic rings. The number of carbonyl (C=O) groups excluding carboxylic acids is 2. The van der Waals surface area contributed by atoms with Crippen molar-refractivity contribution >= 4 is 22.9 Å². The van der Waals surface area contributed by atoms with E-state index in [2.05, 4.69) is 9.97 Å². The van der Waals surface area contributed by atoms with Crippen molar-refractivity contribution in [2.75, 3.05) is 19.7 Å². The first kappa shape index (κ1) is 18.8. The van der Waals surface area contributed by atoms with Crippen LogP contribution in [0.4, 0.5) is 0 Å². The Morgan fingerprint density at radius 3 is 2.54 bits per heavy atom. The zero-order valence-corrected chi connectivity index (χ0v) is 16.6. The summed E-state index contributed by atoms with van der Waals surface area (Å²) in [7, 11) is 0. The van der Waals surface area contributed by atoms with Gasteiger partial charge in [0.15, 0.2) is 6.61 Å². The van der Waals surface area contributed by atoms with Crippen LogP contribution >= 0.6 is 0 Å². The van der Waals surface area contributed by atoms with Crippen LogP contribution in [0.1, 0.15) is 53.8 Å². The highest BCUT2D eigenvalue weighted by atomic mass is 16.5. The van der Waals surface area contributed by atoms with Gasteiger partial charge in [0.2, 0.25) is 0 Å². The fourth-order valence-electron chi connectivity index (χ4n) is 4.49. The molecule has 2 heterocycles. The highest BCUT2D eigenvalue weighted by Gasteiger charge is 2.33. The van der Waals surface area contributed by atoms with E-state index in [-0.39, 0.29) is 12.5 Å². The number of amides is 1. The molecule has 0 spiro atoms.